The topological polar surface area (TPSA) is 68.3 Å². The van der Waals surface area contributed by atoms with E-state index in [9.17, 15) is 4.79 Å². The molecule has 3 N–H and O–H groups in total. The van der Waals surface area contributed by atoms with Crippen molar-refractivity contribution in [2.24, 2.45) is 11.1 Å². The first-order chi connectivity index (χ1) is 9.91. The Morgan fingerprint density at radius 3 is 2.38 bits per heavy atom. The van der Waals surface area contributed by atoms with Crippen LogP contribution in [-0.2, 0) is 6.54 Å². The van der Waals surface area contributed by atoms with Crippen LogP contribution in [0.2, 0.25) is 0 Å². The van der Waals surface area contributed by atoms with E-state index in [-0.39, 0.29) is 23.9 Å². The number of carbonyl (C=O) groups is 1. The van der Waals surface area contributed by atoms with Gasteiger partial charge in [-0.05, 0) is 23.1 Å². The number of amides is 1. The van der Waals surface area contributed by atoms with Crippen molar-refractivity contribution in [3.05, 3.63) is 59.5 Å². The van der Waals surface area contributed by atoms with E-state index in [4.69, 9.17) is 10.2 Å². The molecule has 0 bridgehead atoms. The standard InChI is InChI=1S/C17H22N2O2/c1-17(2,3)15(12-7-5-4-6-8-12)19-16(20)14-10-9-13(11-18)21-14/h4-10,15H,11,18H2,1-3H3,(H,19,20). The zero-order valence-corrected chi connectivity index (χ0v) is 12.7. The maximum Gasteiger partial charge on any atom is 0.287 e. The van der Waals surface area contributed by atoms with Gasteiger partial charge in [-0.15, -0.1) is 0 Å². The van der Waals surface area contributed by atoms with Gasteiger partial charge in [-0.25, -0.2) is 0 Å². The minimum absolute atomic E-state index is 0.0994. The first-order valence-corrected chi connectivity index (χ1v) is 7.06. The maximum absolute atomic E-state index is 12.4. The van der Waals surface area contributed by atoms with E-state index >= 15 is 0 Å². The van der Waals surface area contributed by atoms with E-state index in [1.165, 1.54) is 0 Å². The third-order valence-corrected chi connectivity index (χ3v) is 3.36. The third kappa shape index (κ3) is 3.73. The van der Waals surface area contributed by atoms with Gasteiger partial charge in [0.15, 0.2) is 5.76 Å². The third-order valence-electron chi connectivity index (χ3n) is 3.36. The van der Waals surface area contributed by atoms with E-state index in [2.05, 4.69) is 26.1 Å². The summed E-state index contributed by atoms with van der Waals surface area (Å²) in [5.41, 5.74) is 6.46. The smallest absolute Gasteiger partial charge is 0.287 e. The number of hydrogen-bond donors (Lipinski definition) is 2. The summed E-state index contributed by atoms with van der Waals surface area (Å²) in [5, 5.41) is 3.05. The van der Waals surface area contributed by atoms with Gasteiger partial charge in [0.25, 0.3) is 5.91 Å². The van der Waals surface area contributed by atoms with Crippen LogP contribution in [-0.4, -0.2) is 5.91 Å². The summed E-state index contributed by atoms with van der Waals surface area (Å²) in [5.74, 6) is 0.672. The highest BCUT2D eigenvalue weighted by molar-refractivity contribution is 5.91. The molecule has 0 aliphatic heterocycles. The molecule has 0 saturated carbocycles. The molecule has 0 spiro atoms. The number of nitrogens with two attached hydrogens (primary N) is 1. The van der Waals surface area contributed by atoms with Gasteiger partial charge in [-0.3, -0.25) is 4.79 Å². The molecular formula is C17H22N2O2. The summed E-state index contributed by atoms with van der Waals surface area (Å²) in [6, 6.07) is 13.2. The highest BCUT2D eigenvalue weighted by Crippen LogP contribution is 2.32. The Balaban J connectivity index is 2.21. The largest absolute Gasteiger partial charge is 0.455 e. The zero-order chi connectivity index (χ0) is 15.5. The normalized spacial score (nSPS) is 13.0. The number of nitrogens with one attached hydrogen (secondary N) is 1. The van der Waals surface area contributed by atoms with Crippen LogP contribution in [0, 0.1) is 5.41 Å². The van der Waals surface area contributed by atoms with Gasteiger partial charge in [0.05, 0.1) is 12.6 Å². The summed E-state index contributed by atoms with van der Waals surface area (Å²) in [4.78, 5) is 12.4. The highest BCUT2D eigenvalue weighted by Gasteiger charge is 2.28. The Kier molecular flexibility index (Phi) is 4.48. The molecule has 4 nitrogen and oxygen atoms in total. The molecule has 1 aromatic heterocycles. The Bertz CT molecular complexity index is 597. The molecule has 1 unspecified atom stereocenters. The van der Waals surface area contributed by atoms with Crippen LogP contribution in [0.3, 0.4) is 0 Å². The van der Waals surface area contributed by atoms with Crippen molar-refractivity contribution in [1.82, 2.24) is 5.32 Å². The Labute approximate surface area is 125 Å². The van der Waals surface area contributed by atoms with E-state index < -0.39 is 0 Å². The first kappa shape index (κ1) is 15.3. The number of hydrogen-bond acceptors (Lipinski definition) is 3. The van der Waals surface area contributed by atoms with Crippen LogP contribution >= 0.6 is 0 Å². The van der Waals surface area contributed by atoms with Crippen molar-refractivity contribution in [2.75, 3.05) is 0 Å². The molecule has 0 radical (unpaired) electrons. The fourth-order valence-corrected chi connectivity index (χ4v) is 2.26. The second kappa shape index (κ2) is 6.14. The minimum Gasteiger partial charge on any atom is -0.455 e. The number of rotatable bonds is 4. The summed E-state index contributed by atoms with van der Waals surface area (Å²) in [7, 11) is 0. The van der Waals surface area contributed by atoms with E-state index in [0.29, 0.717) is 11.5 Å². The van der Waals surface area contributed by atoms with Gasteiger partial charge in [0, 0.05) is 0 Å². The van der Waals surface area contributed by atoms with Gasteiger partial charge in [-0.2, -0.15) is 0 Å². The molecule has 1 heterocycles. The number of benzene rings is 1. The van der Waals surface area contributed by atoms with Crippen LogP contribution in [0.15, 0.2) is 46.9 Å². The summed E-state index contributed by atoms with van der Waals surface area (Å²) in [6.45, 7) is 6.57. The molecule has 4 heteroatoms. The molecule has 2 aromatic rings. The van der Waals surface area contributed by atoms with E-state index in [0.717, 1.165) is 5.56 Å². The highest BCUT2D eigenvalue weighted by atomic mass is 16.4. The van der Waals surface area contributed by atoms with Crippen molar-refractivity contribution >= 4 is 5.91 Å². The summed E-state index contributed by atoms with van der Waals surface area (Å²) >= 11 is 0. The van der Waals surface area contributed by atoms with E-state index in [1.807, 2.05) is 30.3 Å². The van der Waals surface area contributed by atoms with Gasteiger partial charge in [0.1, 0.15) is 5.76 Å². The van der Waals surface area contributed by atoms with Gasteiger partial charge >= 0.3 is 0 Å². The summed E-state index contributed by atoms with van der Waals surface area (Å²) < 4.78 is 5.41. The van der Waals surface area contributed by atoms with Gasteiger partial charge in [-0.1, -0.05) is 51.1 Å². The fraction of sp³-hybridized carbons (Fsp3) is 0.353. The molecule has 0 fully saturated rings. The monoisotopic (exact) mass is 286 g/mol. The van der Waals surface area contributed by atoms with Crippen molar-refractivity contribution in [2.45, 2.75) is 33.4 Å². The van der Waals surface area contributed by atoms with Crippen LogP contribution in [0.1, 0.15) is 48.7 Å². The molecule has 0 saturated heterocycles. The summed E-state index contributed by atoms with van der Waals surface area (Å²) in [6.07, 6.45) is 0. The molecule has 21 heavy (non-hydrogen) atoms. The SMILES string of the molecule is CC(C)(C)C(NC(=O)c1ccc(CN)o1)c1ccccc1. The van der Waals surface area contributed by atoms with Gasteiger partial charge in [0.2, 0.25) is 0 Å². The van der Waals surface area contributed by atoms with Crippen molar-refractivity contribution < 1.29 is 9.21 Å². The lowest BCUT2D eigenvalue weighted by Crippen LogP contribution is -2.36. The number of furan rings is 1. The molecule has 112 valence electrons. The zero-order valence-electron chi connectivity index (χ0n) is 12.7. The number of carbonyl (C=O) groups excluding carboxylic acids is 1. The molecule has 2 rings (SSSR count). The van der Waals surface area contributed by atoms with Crippen molar-refractivity contribution in [1.29, 1.82) is 0 Å². The fourth-order valence-electron chi connectivity index (χ4n) is 2.26. The lowest BCUT2D eigenvalue weighted by molar-refractivity contribution is 0.0871. The molecule has 1 aromatic carbocycles. The molecule has 1 atom stereocenters. The van der Waals surface area contributed by atoms with E-state index in [1.54, 1.807) is 12.1 Å². The van der Waals surface area contributed by atoms with Crippen molar-refractivity contribution in [3.63, 3.8) is 0 Å². The van der Waals surface area contributed by atoms with Crippen LogP contribution in [0.5, 0.6) is 0 Å². The average molecular weight is 286 g/mol. The van der Waals surface area contributed by atoms with Crippen LogP contribution in [0.4, 0.5) is 0 Å². The maximum atomic E-state index is 12.4. The van der Waals surface area contributed by atoms with Crippen LogP contribution < -0.4 is 11.1 Å². The quantitative estimate of drug-likeness (QED) is 0.906. The first-order valence-electron chi connectivity index (χ1n) is 7.06. The minimum atomic E-state index is -0.224. The van der Waals surface area contributed by atoms with Gasteiger partial charge < -0.3 is 15.5 Å². The molecule has 0 aliphatic rings. The second-order valence-electron chi connectivity index (χ2n) is 6.15. The molecular weight excluding hydrogens is 264 g/mol. The Hall–Kier alpha value is -2.07. The lowest BCUT2D eigenvalue weighted by atomic mass is 9.82. The molecule has 0 aliphatic carbocycles. The lowest BCUT2D eigenvalue weighted by Gasteiger charge is -2.31. The average Bonchev–Trinajstić information content (AvgIpc) is 2.93. The predicted octanol–water partition coefficient (Wildman–Crippen LogP) is 3.26. The second-order valence-corrected chi connectivity index (χ2v) is 6.15. The van der Waals surface area contributed by atoms with Crippen LogP contribution in [0.25, 0.3) is 0 Å². The van der Waals surface area contributed by atoms with Crippen molar-refractivity contribution in [3.8, 4) is 0 Å². The Morgan fingerprint density at radius 1 is 1.19 bits per heavy atom. The predicted molar refractivity (Wildman–Crippen MR) is 82.7 cm³/mol. The Morgan fingerprint density at radius 2 is 1.86 bits per heavy atom. The molecule has 1 amide bonds.